The lowest BCUT2D eigenvalue weighted by molar-refractivity contribution is -0.137. The van der Waals surface area contributed by atoms with Crippen molar-refractivity contribution < 1.29 is 18.0 Å². The molecule has 1 aliphatic carbocycles. The topological polar surface area (TPSA) is 55.1 Å². The van der Waals surface area contributed by atoms with Gasteiger partial charge in [-0.25, -0.2) is 0 Å². The van der Waals surface area contributed by atoms with Crippen molar-refractivity contribution in [2.24, 2.45) is 5.92 Å². The van der Waals surface area contributed by atoms with Gasteiger partial charge in [0.2, 0.25) is 0 Å². The number of nitrogens with two attached hydrogens (primary N) is 1. The summed E-state index contributed by atoms with van der Waals surface area (Å²) in [6, 6.07) is 2.74. The molecule has 19 heavy (non-hydrogen) atoms. The van der Waals surface area contributed by atoms with E-state index in [4.69, 9.17) is 5.73 Å². The predicted octanol–water partition coefficient (Wildman–Crippen LogP) is 2.82. The summed E-state index contributed by atoms with van der Waals surface area (Å²) in [5.74, 6) is -0.126. The van der Waals surface area contributed by atoms with Gasteiger partial charge in [0, 0.05) is 11.7 Å². The van der Waals surface area contributed by atoms with Crippen LogP contribution in [0.5, 0.6) is 0 Å². The summed E-state index contributed by atoms with van der Waals surface area (Å²) in [5, 5.41) is 2.69. The molecule has 1 saturated carbocycles. The molecule has 0 heterocycles. The first-order chi connectivity index (χ1) is 8.79. The molecule has 0 radical (unpaired) electrons. The fourth-order valence-corrected chi connectivity index (χ4v) is 1.93. The average Bonchev–Trinajstić information content (AvgIpc) is 3.11. The van der Waals surface area contributed by atoms with E-state index in [0.717, 1.165) is 31.0 Å². The zero-order valence-electron chi connectivity index (χ0n) is 10.4. The molecule has 1 atom stereocenters. The first-order valence-corrected chi connectivity index (χ1v) is 6.06. The van der Waals surface area contributed by atoms with Crippen LogP contribution in [0.4, 0.5) is 18.9 Å². The highest BCUT2D eigenvalue weighted by Crippen LogP contribution is 2.33. The quantitative estimate of drug-likeness (QED) is 0.831. The average molecular weight is 272 g/mol. The highest BCUT2D eigenvalue weighted by atomic mass is 19.4. The van der Waals surface area contributed by atoms with Gasteiger partial charge in [0.05, 0.1) is 11.1 Å². The summed E-state index contributed by atoms with van der Waals surface area (Å²) < 4.78 is 37.8. The van der Waals surface area contributed by atoms with E-state index in [1.54, 1.807) is 0 Å². The molecule has 3 nitrogen and oxygen atoms in total. The molecule has 104 valence electrons. The number of carbonyl (C=O) groups is 1. The minimum absolute atomic E-state index is 0.0403. The summed E-state index contributed by atoms with van der Waals surface area (Å²) in [5.41, 5.74) is 4.63. The Bertz CT molecular complexity index is 495. The maximum absolute atomic E-state index is 12.6. The lowest BCUT2D eigenvalue weighted by Gasteiger charge is -2.15. The number of anilines is 1. The van der Waals surface area contributed by atoms with Crippen LogP contribution in [0.3, 0.4) is 0 Å². The second-order valence-corrected chi connectivity index (χ2v) is 4.90. The Hall–Kier alpha value is -1.72. The van der Waals surface area contributed by atoms with E-state index in [0.29, 0.717) is 5.92 Å². The van der Waals surface area contributed by atoms with Crippen molar-refractivity contribution in [1.29, 1.82) is 0 Å². The van der Waals surface area contributed by atoms with Crippen LogP contribution in [0.15, 0.2) is 18.2 Å². The minimum atomic E-state index is -4.48. The minimum Gasteiger partial charge on any atom is -0.398 e. The number of nitrogen functional groups attached to an aromatic ring is 1. The van der Waals surface area contributed by atoms with E-state index in [-0.39, 0.29) is 17.3 Å². The monoisotopic (exact) mass is 272 g/mol. The number of nitrogens with one attached hydrogen (secondary N) is 1. The lowest BCUT2D eigenvalue weighted by Crippen LogP contribution is -2.34. The number of rotatable bonds is 3. The molecule has 1 aromatic carbocycles. The van der Waals surface area contributed by atoms with E-state index >= 15 is 0 Å². The Morgan fingerprint density at radius 3 is 2.58 bits per heavy atom. The molecule has 0 spiro atoms. The number of hydrogen-bond acceptors (Lipinski definition) is 2. The zero-order valence-corrected chi connectivity index (χ0v) is 10.4. The molecule has 1 amide bonds. The van der Waals surface area contributed by atoms with Crippen molar-refractivity contribution in [3.05, 3.63) is 29.3 Å². The Morgan fingerprint density at radius 2 is 2.05 bits per heavy atom. The number of carbonyl (C=O) groups excluding carboxylic acids is 1. The summed E-state index contributed by atoms with van der Waals surface area (Å²) in [6.45, 7) is 1.85. The van der Waals surface area contributed by atoms with Crippen molar-refractivity contribution >= 4 is 11.6 Å². The lowest BCUT2D eigenvalue weighted by atomic mass is 10.1. The van der Waals surface area contributed by atoms with Gasteiger partial charge in [-0.15, -0.1) is 0 Å². The fraction of sp³-hybridized carbons (Fsp3) is 0.462. The highest BCUT2D eigenvalue weighted by Gasteiger charge is 2.33. The normalized spacial score (nSPS) is 17.1. The van der Waals surface area contributed by atoms with Crippen LogP contribution in [0.1, 0.15) is 35.7 Å². The molecule has 1 fully saturated rings. The van der Waals surface area contributed by atoms with Crippen LogP contribution >= 0.6 is 0 Å². The van der Waals surface area contributed by atoms with E-state index in [1.807, 2.05) is 6.92 Å². The molecular weight excluding hydrogens is 257 g/mol. The molecule has 2 rings (SSSR count). The molecular formula is C13H15F3N2O. The van der Waals surface area contributed by atoms with Crippen molar-refractivity contribution in [1.82, 2.24) is 5.32 Å². The van der Waals surface area contributed by atoms with Gasteiger partial charge in [0.25, 0.3) is 5.91 Å². The maximum atomic E-state index is 12.6. The predicted molar refractivity (Wildman–Crippen MR) is 65.5 cm³/mol. The maximum Gasteiger partial charge on any atom is 0.416 e. The van der Waals surface area contributed by atoms with Crippen molar-refractivity contribution in [2.75, 3.05) is 5.73 Å². The Labute approximate surface area is 109 Å². The molecule has 1 aromatic rings. The van der Waals surface area contributed by atoms with Gasteiger partial charge in [0.1, 0.15) is 0 Å². The first-order valence-electron chi connectivity index (χ1n) is 6.06. The molecule has 0 aromatic heterocycles. The number of hydrogen-bond donors (Lipinski definition) is 2. The van der Waals surface area contributed by atoms with Crippen molar-refractivity contribution in [3.63, 3.8) is 0 Å². The van der Waals surface area contributed by atoms with Gasteiger partial charge < -0.3 is 11.1 Å². The van der Waals surface area contributed by atoms with E-state index in [1.165, 1.54) is 0 Å². The highest BCUT2D eigenvalue weighted by molar-refractivity contribution is 5.99. The van der Waals surface area contributed by atoms with E-state index in [2.05, 4.69) is 5.32 Å². The summed E-state index contributed by atoms with van der Waals surface area (Å²) in [6.07, 6.45) is -2.40. The Kier molecular flexibility index (Phi) is 3.43. The molecule has 3 N–H and O–H groups in total. The Balaban J connectivity index is 2.20. The van der Waals surface area contributed by atoms with Gasteiger partial charge in [-0.1, -0.05) is 0 Å². The molecule has 0 saturated heterocycles. The largest absolute Gasteiger partial charge is 0.416 e. The zero-order chi connectivity index (χ0) is 14.2. The molecule has 1 unspecified atom stereocenters. The van der Waals surface area contributed by atoms with Crippen LogP contribution in [-0.2, 0) is 6.18 Å². The summed E-state index contributed by atoms with van der Waals surface area (Å²) >= 11 is 0. The second-order valence-electron chi connectivity index (χ2n) is 4.90. The van der Waals surface area contributed by atoms with Gasteiger partial charge in [-0.3, -0.25) is 4.79 Å². The van der Waals surface area contributed by atoms with Crippen LogP contribution in [-0.4, -0.2) is 11.9 Å². The van der Waals surface area contributed by atoms with Crippen molar-refractivity contribution in [2.45, 2.75) is 32.0 Å². The molecule has 1 aliphatic rings. The smallest absolute Gasteiger partial charge is 0.398 e. The SMILES string of the molecule is CC(NC(=O)c1cc(C(F)(F)F)ccc1N)C1CC1. The van der Waals surface area contributed by atoms with Crippen LogP contribution in [0.25, 0.3) is 0 Å². The van der Waals surface area contributed by atoms with Crippen molar-refractivity contribution in [3.8, 4) is 0 Å². The van der Waals surface area contributed by atoms with Crippen LogP contribution in [0.2, 0.25) is 0 Å². The third-order valence-electron chi connectivity index (χ3n) is 3.31. The summed E-state index contributed by atoms with van der Waals surface area (Å²) in [4.78, 5) is 11.9. The third kappa shape index (κ3) is 3.19. The van der Waals surface area contributed by atoms with Gasteiger partial charge >= 0.3 is 6.18 Å². The first kappa shape index (κ1) is 13.7. The standard InChI is InChI=1S/C13H15F3N2O/c1-7(8-2-3-8)18-12(19)10-6-9(13(14,15)16)4-5-11(10)17/h4-8H,2-3,17H2,1H3,(H,18,19). The Morgan fingerprint density at radius 1 is 1.42 bits per heavy atom. The van der Waals surface area contributed by atoms with Gasteiger partial charge in [0.15, 0.2) is 0 Å². The number of halogens is 3. The summed E-state index contributed by atoms with van der Waals surface area (Å²) in [7, 11) is 0. The number of amides is 1. The molecule has 6 heteroatoms. The fourth-order valence-electron chi connectivity index (χ4n) is 1.93. The molecule has 0 bridgehead atoms. The van der Waals surface area contributed by atoms with Gasteiger partial charge in [-0.2, -0.15) is 13.2 Å². The van der Waals surface area contributed by atoms with Crippen LogP contribution in [0, 0.1) is 5.92 Å². The van der Waals surface area contributed by atoms with E-state index in [9.17, 15) is 18.0 Å². The number of alkyl halides is 3. The third-order valence-corrected chi connectivity index (χ3v) is 3.31. The number of benzene rings is 1. The van der Waals surface area contributed by atoms with Gasteiger partial charge in [-0.05, 0) is 43.9 Å². The van der Waals surface area contributed by atoms with E-state index < -0.39 is 17.6 Å². The molecule has 0 aliphatic heterocycles. The second kappa shape index (κ2) is 4.75. The van der Waals surface area contributed by atoms with Crippen LogP contribution < -0.4 is 11.1 Å².